The van der Waals surface area contributed by atoms with Crippen molar-refractivity contribution in [2.24, 2.45) is 0 Å². The standard InChI is InChI=1S/C13H15Br2NO3/c1-4-19-12(18)13(3,15)11(17)16-10-6-5-9(14)7-8(10)2/h5-7H,4H2,1-3H3,(H,16,17). The van der Waals surface area contributed by atoms with Gasteiger partial charge in [-0.15, -0.1) is 0 Å². The van der Waals surface area contributed by atoms with Gasteiger partial charge in [0.25, 0.3) is 5.91 Å². The number of ether oxygens (including phenoxy) is 1. The van der Waals surface area contributed by atoms with Crippen LogP contribution in [0.1, 0.15) is 19.4 Å². The number of anilines is 1. The van der Waals surface area contributed by atoms with Gasteiger partial charge in [0.2, 0.25) is 0 Å². The fourth-order valence-electron chi connectivity index (χ4n) is 1.37. The second-order valence-electron chi connectivity index (χ2n) is 4.14. The summed E-state index contributed by atoms with van der Waals surface area (Å²) in [5.41, 5.74) is 1.55. The van der Waals surface area contributed by atoms with Crippen LogP contribution in [0.25, 0.3) is 0 Å². The lowest BCUT2D eigenvalue weighted by atomic mass is 10.1. The molecule has 0 aliphatic rings. The highest BCUT2D eigenvalue weighted by molar-refractivity contribution is 9.10. The van der Waals surface area contributed by atoms with E-state index in [1.54, 1.807) is 13.0 Å². The minimum absolute atomic E-state index is 0.227. The largest absolute Gasteiger partial charge is 0.465 e. The number of carbonyl (C=O) groups excluding carboxylic acids is 2. The van der Waals surface area contributed by atoms with Crippen molar-refractivity contribution in [2.45, 2.75) is 25.1 Å². The van der Waals surface area contributed by atoms with E-state index < -0.39 is 16.2 Å². The van der Waals surface area contributed by atoms with Crippen molar-refractivity contribution in [3.8, 4) is 0 Å². The second kappa shape index (κ2) is 6.52. The maximum absolute atomic E-state index is 12.1. The normalized spacial score (nSPS) is 13.5. The molecule has 1 N–H and O–H groups in total. The summed E-state index contributed by atoms with van der Waals surface area (Å²) in [5.74, 6) is -1.07. The average Bonchev–Trinajstić information content (AvgIpc) is 2.32. The highest BCUT2D eigenvalue weighted by Gasteiger charge is 2.40. The number of nitrogens with one attached hydrogen (secondary N) is 1. The van der Waals surface area contributed by atoms with Crippen molar-refractivity contribution in [3.05, 3.63) is 28.2 Å². The number of esters is 1. The minimum atomic E-state index is -1.40. The highest BCUT2D eigenvalue weighted by Crippen LogP contribution is 2.25. The van der Waals surface area contributed by atoms with Gasteiger partial charge in [-0.3, -0.25) is 4.79 Å². The molecule has 1 amide bonds. The van der Waals surface area contributed by atoms with Crippen LogP contribution in [0, 0.1) is 6.92 Å². The van der Waals surface area contributed by atoms with Crippen molar-refractivity contribution in [1.82, 2.24) is 0 Å². The topological polar surface area (TPSA) is 55.4 Å². The van der Waals surface area contributed by atoms with Crippen LogP contribution in [0.5, 0.6) is 0 Å². The first-order valence-electron chi connectivity index (χ1n) is 5.72. The van der Waals surface area contributed by atoms with Gasteiger partial charge < -0.3 is 10.1 Å². The van der Waals surface area contributed by atoms with E-state index in [1.807, 2.05) is 19.1 Å². The maximum Gasteiger partial charge on any atom is 0.332 e. The van der Waals surface area contributed by atoms with Gasteiger partial charge >= 0.3 is 5.97 Å². The first-order chi connectivity index (χ1) is 8.78. The number of alkyl halides is 1. The van der Waals surface area contributed by atoms with E-state index in [0.717, 1.165) is 10.0 Å². The fraction of sp³-hybridized carbons (Fsp3) is 0.385. The molecule has 0 saturated carbocycles. The van der Waals surface area contributed by atoms with Gasteiger partial charge in [0.15, 0.2) is 4.32 Å². The van der Waals surface area contributed by atoms with Gasteiger partial charge in [0, 0.05) is 10.2 Å². The van der Waals surface area contributed by atoms with Crippen LogP contribution in [-0.2, 0) is 14.3 Å². The Balaban J connectivity index is 2.87. The molecule has 0 fully saturated rings. The lowest BCUT2D eigenvalue weighted by Gasteiger charge is -2.20. The van der Waals surface area contributed by atoms with Gasteiger partial charge in [0.05, 0.1) is 6.61 Å². The van der Waals surface area contributed by atoms with Crippen LogP contribution in [0.4, 0.5) is 5.69 Å². The number of rotatable bonds is 4. The van der Waals surface area contributed by atoms with E-state index >= 15 is 0 Å². The van der Waals surface area contributed by atoms with Crippen LogP contribution < -0.4 is 5.32 Å². The maximum atomic E-state index is 12.1. The number of aryl methyl sites for hydroxylation is 1. The third-order valence-electron chi connectivity index (χ3n) is 2.52. The third-order valence-corrected chi connectivity index (χ3v) is 3.70. The lowest BCUT2D eigenvalue weighted by molar-refractivity contribution is -0.147. The van der Waals surface area contributed by atoms with E-state index in [4.69, 9.17) is 4.74 Å². The number of hydrogen-bond acceptors (Lipinski definition) is 3. The van der Waals surface area contributed by atoms with Crippen molar-refractivity contribution in [1.29, 1.82) is 0 Å². The molecule has 19 heavy (non-hydrogen) atoms. The van der Waals surface area contributed by atoms with Crippen molar-refractivity contribution < 1.29 is 14.3 Å². The van der Waals surface area contributed by atoms with Crippen LogP contribution in [-0.4, -0.2) is 22.8 Å². The molecule has 1 unspecified atom stereocenters. The summed E-state index contributed by atoms with van der Waals surface area (Å²) < 4.78 is 4.39. The van der Waals surface area contributed by atoms with E-state index in [2.05, 4.69) is 37.2 Å². The Morgan fingerprint density at radius 2 is 2.05 bits per heavy atom. The van der Waals surface area contributed by atoms with Crippen molar-refractivity contribution >= 4 is 49.4 Å². The van der Waals surface area contributed by atoms with Gasteiger partial charge in [-0.1, -0.05) is 31.9 Å². The fourth-order valence-corrected chi connectivity index (χ4v) is 2.06. The van der Waals surface area contributed by atoms with Gasteiger partial charge in [0.1, 0.15) is 0 Å². The second-order valence-corrected chi connectivity index (χ2v) is 6.64. The number of hydrogen-bond donors (Lipinski definition) is 1. The van der Waals surface area contributed by atoms with E-state index in [1.165, 1.54) is 6.92 Å². The van der Waals surface area contributed by atoms with Crippen LogP contribution in [0.3, 0.4) is 0 Å². The summed E-state index contributed by atoms with van der Waals surface area (Å²) in [6, 6.07) is 5.47. The van der Waals surface area contributed by atoms with Gasteiger partial charge in [-0.25, -0.2) is 4.79 Å². The molecule has 0 aliphatic heterocycles. The number of amides is 1. The molecule has 0 saturated heterocycles. The third kappa shape index (κ3) is 4.04. The zero-order valence-electron chi connectivity index (χ0n) is 10.9. The minimum Gasteiger partial charge on any atom is -0.465 e. The molecule has 0 aromatic heterocycles. The van der Waals surface area contributed by atoms with Crippen LogP contribution in [0.2, 0.25) is 0 Å². The van der Waals surface area contributed by atoms with E-state index in [-0.39, 0.29) is 6.61 Å². The molecule has 1 atom stereocenters. The Kier molecular flexibility index (Phi) is 5.55. The Morgan fingerprint density at radius 1 is 1.42 bits per heavy atom. The molecule has 6 heteroatoms. The molecular formula is C13H15Br2NO3. The van der Waals surface area contributed by atoms with E-state index in [0.29, 0.717) is 5.69 Å². The summed E-state index contributed by atoms with van der Waals surface area (Å²) in [5, 5.41) is 2.71. The Labute approximate surface area is 129 Å². The molecule has 0 spiro atoms. The summed E-state index contributed by atoms with van der Waals surface area (Å²) in [4.78, 5) is 23.8. The van der Waals surface area contributed by atoms with Crippen molar-refractivity contribution in [2.75, 3.05) is 11.9 Å². The summed E-state index contributed by atoms with van der Waals surface area (Å²) >= 11 is 6.46. The molecule has 4 nitrogen and oxygen atoms in total. The highest BCUT2D eigenvalue weighted by atomic mass is 79.9. The van der Waals surface area contributed by atoms with Crippen LogP contribution in [0.15, 0.2) is 22.7 Å². The summed E-state index contributed by atoms with van der Waals surface area (Å²) in [6.07, 6.45) is 0. The summed E-state index contributed by atoms with van der Waals surface area (Å²) in [6.45, 7) is 5.26. The summed E-state index contributed by atoms with van der Waals surface area (Å²) in [7, 11) is 0. The number of benzene rings is 1. The molecule has 0 aliphatic carbocycles. The molecule has 104 valence electrons. The Hall–Kier alpha value is -0.880. The SMILES string of the molecule is CCOC(=O)C(C)(Br)C(=O)Nc1ccc(Br)cc1C. The molecule has 1 aromatic carbocycles. The average molecular weight is 393 g/mol. The predicted octanol–water partition coefficient (Wildman–Crippen LogP) is 3.41. The molecule has 1 rings (SSSR count). The smallest absolute Gasteiger partial charge is 0.332 e. The molecule has 0 radical (unpaired) electrons. The van der Waals surface area contributed by atoms with Crippen LogP contribution >= 0.6 is 31.9 Å². The predicted molar refractivity (Wildman–Crippen MR) is 81.5 cm³/mol. The molecule has 0 heterocycles. The molecular weight excluding hydrogens is 378 g/mol. The quantitative estimate of drug-likeness (QED) is 0.485. The Morgan fingerprint density at radius 3 is 2.58 bits per heavy atom. The van der Waals surface area contributed by atoms with E-state index in [9.17, 15) is 9.59 Å². The zero-order chi connectivity index (χ0) is 14.6. The monoisotopic (exact) mass is 391 g/mol. The molecule has 1 aromatic rings. The number of carbonyl (C=O) groups is 2. The van der Waals surface area contributed by atoms with Gasteiger partial charge in [-0.2, -0.15) is 0 Å². The first kappa shape index (κ1) is 16.2. The first-order valence-corrected chi connectivity index (χ1v) is 7.31. The zero-order valence-corrected chi connectivity index (χ0v) is 14.1. The van der Waals surface area contributed by atoms with Crippen molar-refractivity contribution in [3.63, 3.8) is 0 Å². The van der Waals surface area contributed by atoms with Gasteiger partial charge in [-0.05, 0) is 44.5 Å². The molecule has 0 bridgehead atoms. The number of halogens is 2. The lowest BCUT2D eigenvalue weighted by Crippen LogP contribution is -2.43. The Bertz CT molecular complexity index is 501.